The van der Waals surface area contributed by atoms with Crippen LogP contribution in [-0.4, -0.2) is 60.9 Å². The molecule has 1 aromatic carbocycles. The summed E-state index contributed by atoms with van der Waals surface area (Å²) < 4.78 is 10.3. The van der Waals surface area contributed by atoms with Crippen molar-refractivity contribution in [3.8, 4) is 5.75 Å². The van der Waals surface area contributed by atoms with Gasteiger partial charge in [-0.15, -0.1) is 0 Å². The van der Waals surface area contributed by atoms with Crippen molar-refractivity contribution >= 4 is 29.1 Å². The molecule has 2 heterocycles. The number of aromatic nitrogens is 2. The molecule has 1 fully saturated rings. The molecule has 0 radical (unpaired) electrons. The number of nitrogens with one attached hydrogen (secondary N) is 1. The minimum atomic E-state index is -0.284. The second-order valence-corrected chi connectivity index (χ2v) is 5.99. The Labute approximate surface area is 158 Å². The largest absolute Gasteiger partial charge is 0.497 e. The van der Waals surface area contributed by atoms with Gasteiger partial charge in [-0.25, -0.2) is 14.8 Å². The van der Waals surface area contributed by atoms with E-state index >= 15 is 0 Å². The highest BCUT2D eigenvalue weighted by molar-refractivity contribution is 5.78. The van der Waals surface area contributed by atoms with Crippen molar-refractivity contribution in [2.75, 3.05) is 55.8 Å². The van der Waals surface area contributed by atoms with Gasteiger partial charge >= 0.3 is 6.09 Å². The summed E-state index contributed by atoms with van der Waals surface area (Å²) >= 11 is 0. The molecule has 2 aromatic rings. The molecular formula is C18H24N6O3. The molecule has 1 aliphatic heterocycles. The summed E-state index contributed by atoms with van der Waals surface area (Å²) in [4.78, 5) is 24.2. The molecule has 0 unspecified atom stereocenters. The standard InChI is InChI=1S/C18H24N6O3/c1-3-27-18(25)24-9-7-23(8-10-24)17-15(19)16(20-12-21-17)22-13-5-4-6-14(11-13)26-2/h4-6,11-12H,3,7-10,19H2,1-2H3,(H,20,21,22). The van der Waals surface area contributed by atoms with Gasteiger partial charge in [0.05, 0.1) is 13.7 Å². The Kier molecular flexibility index (Phi) is 5.80. The van der Waals surface area contributed by atoms with Crippen LogP contribution in [0.5, 0.6) is 5.75 Å². The number of nitrogens with zero attached hydrogens (tertiary/aromatic N) is 4. The van der Waals surface area contributed by atoms with Crippen LogP contribution in [0.2, 0.25) is 0 Å². The van der Waals surface area contributed by atoms with Gasteiger partial charge in [-0.2, -0.15) is 0 Å². The molecule has 0 spiro atoms. The zero-order chi connectivity index (χ0) is 19.2. The summed E-state index contributed by atoms with van der Waals surface area (Å²) in [5.41, 5.74) is 7.59. The zero-order valence-electron chi connectivity index (χ0n) is 15.5. The van der Waals surface area contributed by atoms with Gasteiger partial charge in [0.2, 0.25) is 0 Å². The lowest BCUT2D eigenvalue weighted by Gasteiger charge is -2.35. The van der Waals surface area contributed by atoms with Gasteiger partial charge in [0.1, 0.15) is 17.8 Å². The quantitative estimate of drug-likeness (QED) is 0.822. The molecule has 0 bridgehead atoms. The number of nitrogen functional groups attached to an aromatic ring is 1. The minimum absolute atomic E-state index is 0.284. The van der Waals surface area contributed by atoms with Gasteiger partial charge in [-0.3, -0.25) is 0 Å². The first-order valence-corrected chi connectivity index (χ1v) is 8.80. The maximum Gasteiger partial charge on any atom is 0.409 e. The van der Waals surface area contributed by atoms with Crippen molar-refractivity contribution in [1.29, 1.82) is 0 Å². The molecule has 9 heteroatoms. The van der Waals surface area contributed by atoms with E-state index < -0.39 is 0 Å². The molecule has 9 nitrogen and oxygen atoms in total. The summed E-state index contributed by atoms with van der Waals surface area (Å²) in [6.07, 6.45) is 1.19. The van der Waals surface area contributed by atoms with Gasteiger partial charge in [-0.05, 0) is 19.1 Å². The number of hydrogen-bond donors (Lipinski definition) is 2. The van der Waals surface area contributed by atoms with Gasteiger partial charge in [0.15, 0.2) is 11.6 Å². The topological polar surface area (TPSA) is 106 Å². The Balaban J connectivity index is 1.71. The molecule has 144 valence electrons. The summed E-state index contributed by atoms with van der Waals surface area (Å²) in [5, 5.41) is 3.20. The van der Waals surface area contributed by atoms with Crippen molar-refractivity contribution < 1.29 is 14.3 Å². The van der Waals surface area contributed by atoms with Gasteiger partial charge in [-0.1, -0.05) is 6.07 Å². The second-order valence-electron chi connectivity index (χ2n) is 5.99. The van der Waals surface area contributed by atoms with Crippen LogP contribution < -0.4 is 20.7 Å². The van der Waals surface area contributed by atoms with Crippen molar-refractivity contribution in [3.05, 3.63) is 30.6 Å². The minimum Gasteiger partial charge on any atom is -0.497 e. The molecule has 0 aliphatic carbocycles. The van der Waals surface area contributed by atoms with E-state index in [0.29, 0.717) is 50.1 Å². The number of rotatable bonds is 5. The predicted octanol–water partition coefficient (Wildman–Crippen LogP) is 2.09. The molecule has 1 saturated heterocycles. The first-order chi connectivity index (χ1) is 13.1. The number of carbonyl (C=O) groups excluding carboxylic acids is 1. The third kappa shape index (κ3) is 4.30. The van der Waals surface area contributed by atoms with Crippen LogP contribution in [0, 0.1) is 0 Å². The monoisotopic (exact) mass is 372 g/mol. The predicted molar refractivity (Wildman–Crippen MR) is 104 cm³/mol. The molecule has 0 saturated carbocycles. The lowest BCUT2D eigenvalue weighted by molar-refractivity contribution is 0.105. The van der Waals surface area contributed by atoms with E-state index in [1.165, 1.54) is 6.33 Å². The van der Waals surface area contributed by atoms with E-state index in [4.69, 9.17) is 15.2 Å². The lowest BCUT2D eigenvalue weighted by atomic mass is 10.2. The van der Waals surface area contributed by atoms with Crippen LogP contribution in [0.25, 0.3) is 0 Å². The third-order valence-electron chi connectivity index (χ3n) is 4.30. The van der Waals surface area contributed by atoms with E-state index in [1.54, 1.807) is 18.9 Å². The Bertz CT molecular complexity index is 792. The Hall–Kier alpha value is -3.23. The fraction of sp³-hybridized carbons (Fsp3) is 0.389. The average Bonchev–Trinajstić information content (AvgIpc) is 2.70. The smallest absolute Gasteiger partial charge is 0.409 e. The van der Waals surface area contributed by atoms with Crippen molar-refractivity contribution in [1.82, 2.24) is 14.9 Å². The molecule has 0 atom stereocenters. The third-order valence-corrected chi connectivity index (χ3v) is 4.30. The SMILES string of the molecule is CCOC(=O)N1CCN(c2ncnc(Nc3cccc(OC)c3)c2N)CC1. The van der Waals surface area contributed by atoms with Crippen molar-refractivity contribution in [2.45, 2.75) is 6.92 Å². The van der Waals surface area contributed by atoms with Gasteiger partial charge in [0, 0.05) is 37.9 Å². The first-order valence-electron chi connectivity index (χ1n) is 8.80. The van der Waals surface area contributed by atoms with Crippen LogP contribution in [-0.2, 0) is 4.74 Å². The fourth-order valence-corrected chi connectivity index (χ4v) is 2.89. The van der Waals surface area contributed by atoms with Crippen LogP contribution in [0.1, 0.15) is 6.92 Å². The molecule has 1 aromatic heterocycles. The summed E-state index contributed by atoms with van der Waals surface area (Å²) in [6.45, 7) is 4.53. The number of ether oxygens (including phenoxy) is 2. The highest BCUT2D eigenvalue weighted by atomic mass is 16.6. The molecule has 27 heavy (non-hydrogen) atoms. The highest BCUT2D eigenvalue weighted by Crippen LogP contribution is 2.30. The number of carbonyl (C=O) groups is 1. The van der Waals surface area contributed by atoms with E-state index in [2.05, 4.69) is 15.3 Å². The number of piperazine rings is 1. The van der Waals surface area contributed by atoms with E-state index in [-0.39, 0.29) is 6.09 Å². The Morgan fingerprint density at radius 1 is 1.26 bits per heavy atom. The van der Waals surface area contributed by atoms with E-state index in [9.17, 15) is 4.79 Å². The van der Waals surface area contributed by atoms with Crippen LogP contribution in [0.15, 0.2) is 30.6 Å². The Morgan fingerprint density at radius 3 is 2.74 bits per heavy atom. The molecule has 1 amide bonds. The fourth-order valence-electron chi connectivity index (χ4n) is 2.89. The molecular weight excluding hydrogens is 348 g/mol. The number of benzene rings is 1. The summed E-state index contributed by atoms with van der Waals surface area (Å²) in [6, 6.07) is 7.51. The maximum absolute atomic E-state index is 11.8. The number of amides is 1. The summed E-state index contributed by atoms with van der Waals surface area (Å²) in [7, 11) is 1.62. The second kappa shape index (κ2) is 8.43. The summed E-state index contributed by atoms with van der Waals surface area (Å²) in [5.74, 6) is 1.92. The van der Waals surface area contributed by atoms with Gasteiger partial charge < -0.3 is 30.3 Å². The van der Waals surface area contributed by atoms with Crippen LogP contribution in [0.4, 0.5) is 27.8 Å². The highest BCUT2D eigenvalue weighted by Gasteiger charge is 2.24. The van der Waals surface area contributed by atoms with Crippen LogP contribution in [0.3, 0.4) is 0 Å². The van der Waals surface area contributed by atoms with E-state index in [1.807, 2.05) is 29.2 Å². The van der Waals surface area contributed by atoms with Crippen LogP contribution >= 0.6 is 0 Å². The number of methoxy groups -OCH3 is 1. The maximum atomic E-state index is 11.8. The van der Waals surface area contributed by atoms with E-state index in [0.717, 1.165) is 11.4 Å². The number of anilines is 4. The zero-order valence-corrected chi connectivity index (χ0v) is 15.5. The first kappa shape index (κ1) is 18.6. The lowest BCUT2D eigenvalue weighted by Crippen LogP contribution is -2.49. The van der Waals surface area contributed by atoms with Crippen molar-refractivity contribution in [2.24, 2.45) is 0 Å². The van der Waals surface area contributed by atoms with Gasteiger partial charge in [0.25, 0.3) is 0 Å². The number of hydrogen-bond acceptors (Lipinski definition) is 8. The molecule has 1 aliphatic rings. The molecule has 3 rings (SSSR count). The average molecular weight is 372 g/mol. The molecule has 3 N–H and O–H groups in total. The normalized spacial score (nSPS) is 14.0. The number of nitrogens with two attached hydrogens (primary N) is 1. The van der Waals surface area contributed by atoms with Crippen molar-refractivity contribution in [3.63, 3.8) is 0 Å². The Morgan fingerprint density at radius 2 is 2.04 bits per heavy atom.